The average Bonchev–Trinajstić information content (AvgIpc) is 2.95. The van der Waals surface area contributed by atoms with Gasteiger partial charge in [-0.2, -0.15) is 25.3 Å². The monoisotopic (exact) mass is 697 g/mol. The Morgan fingerprint density at radius 3 is 0.923 bits per heavy atom. The van der Waals surface area contributed by atoms with Crippen molar-refractivity contribution in [3.8, 4) is 0 Å². The first-order chi connectivity index (χ1) is 19.0. The summed E-state index contributed by atoms with van der Waals surface area (Å²) in [6.45, 7) is 7.86. The second-order valence-corrected chi connectivity index (χ2v) is 12.3. The summed E-state index contributed by atoms with van der Waals surface area (Å²) in [6.07, 6.45) is 28.8. The van der Waals surface area contributed by atoms with Gasteiger partial charge in [0.25, 0.3) is 0 Å². The van der Waals surface area contributed by atoms with E-state index in [1.165, 1.54) is 133 Å². The van der Waals surface area contributed by atoms with Crippen molar-refractivity contribution in [3.63, 3.8) is 0 Å². The first-order valence-corrected chi connectivity index (χ1v) is 19.5. The van der Waals surface area contributed by atoms with Crippen LogP contribution in [-0.4, -0.2) is 59.2 Å². The van der Waals surface area contributed by atoms with Crippen molar-refractivity contribution in [2.45, 2.75) is 166 Å². The zero-order valence-corrected chi connectivity index (χ0v) is 30.8. The Hall–Kier alpha value is 0.439. The summed E-state index contributed by atoms with van der Waals surface area (Å²) in [6, 6.07) is 0. The Morgan fingerprint density at radius 1 is 0.462 bits per heavy atom. The third-order valence-electron chi connectivity index (χ3n) is 6.31. The van der Waals surface area contributed by atoms with Crippen LogP contribution in [0.2, 0.25) is 4.44 Å². The van der Waals surface area contributed by atoms with Crippen LogP contribution in [-0.2, 0) is 19.1 Å². The summed E-state index contributed by atoms with van der Waals surface area (Å²) in [4.78, 5) is 21.5. The molecular formula is C32H65O4S2Sn. The molecule has 0 saturated heterocycles. The molecule has 0 aliphatic rings. The second-order valence-electron chi connectivity index (χ2n) is 10.2. The zero-order chi connectivity index (χ0) is 29.7. The van der Waals surface area contributed by atoms with Gasteiger partial charge in [0.1, 0.15) is 0 Å². The average molecular weight is 697 g/mol. The Labute approximate surface area is 268 Å². The van der Waals surface area contributed by atoms with E-state index in [0.29, 0.717) is 13.2 Å². The Balaban J connectivity index is -0.000000566. The van der Waals surface area contributed by atoms with Gasteiger partial charge in [0.15, 0.2) is 0 Å². The summed E-state index contributed by atoms with van der Waals surface area (Å²) in [5, 5.41) is 0. The number of carbonyl (C=O) groups excluding carboxylic acids is 2. The van der Waals surface area contributed by atoms with Crippen LogP contribution in [0.4, 0.5) is 0 Å². The predicted molar refractivity (Wildman–Crippen MR) is 179 cm³/mol. The van der Waals surface area contributed by atoms with E-state index < -0.39 is 0 Å². The summed E-state index contributed by atoms with van der Waals surface area (Å²) < 4.78 is 11.3. The van der Waals surface area contributed by atoms with Crippen molar-refractivity contribution < 1.29 is 19.1 Å². The molecule has 0 heterocycles. The number of hydrogen-bond acceptors (Lipinski definition) is 6. The van der Waals surface area contributed by atoms with Gasteiger partial charge in [-0.15, -0.1) is 0 Å². The van der Waals surface area contributed by atoms with Gasteiger partial charge in [0.05, 0.1) is 24.7 Å². The van der Waals surface area contributed by atoms with Gasteiger partial charge in [0, 0.05) is 0 Å². The van der Waals surface area contributed by atoms with Crippen LogP contribution < -0.4 is 0 Å². The number of carbonyl (C=O) groups is 2. The van der Waals surface area contributed by atoms with Gasteiger partial charge in [-0.3, -0.25) is 9.59 Å². The molecule has 7 heteroatoms. The van der Waals surface area contributed by atoms with Crippen LogP contribution >= 0.6 is 25.3 Å². The molecule has 0 amide bonds. The molecule has 0 bridgehead atoms. The molecular weight excluding hydrogens is 631 g/mol. The van der Waals surface area contributed by atoms with Crippen molar-refractivity contribution in [2.75, 3.05) is 24.7 Å². The SMILES string of the molecule is CCCCCCCCCCCCOC(=O)CS.CCCCCCCCCCCCOC(=O)CS.CCC[CH2][Sn]. The number of rotatable bonds is 26. The van der Waals surface area contributed by atoms with E-state index in [1.54, 1.807) is 22.5 Å². The van der Waals surface area contributed by atoms with Crippen molar-refractivity contribution in [2.24, 2.45) is 0 Å². The molecule has 4 nitrogen and oxygen atoms in total. The van der Waals surface area contributed by atoms with Crippen LogP contribution in [0.1, 0.15) is 162 Å². The molecule has 0 saturated carbocycles. The Morgan fingerprint density at radius 2 is 0.718 bits per heavy atom. The summed E-state index contributed by atoms with van der Waals surface area (Å²) in [5.74, 6) is -0.0243. The van der Waals surface area contributed by atoms with Gasteiger partial charge in [0.2, 0.25) is 0 Å². The van der Waals surface area contributed by atoms with E-state index in [4.69, 9.17) is 9.47 Å². The van der Waals surface area contributed by atoms with Gasteiger partial charge >= 0.3 is 58.7 Å². The summed E-state index contributed by atoms with van der Waals surface area (Å²) in [5.41, 5.74) is 0. The van der Waals surface area contributed by atoms with Crippen LogP contribution in [0.5, 0.6) is 0 Å². The Kier molecular flexibility index (Phi) is 48.3. The molecule has 0 rings (SSSR count). The minimum atomic E-state index is -0.204. The topological polar surface area (TPSA) is 52.6 Å². The fraction of sp³-hybridized carbons (Fsp3) is 0.938. The number of hydrogen-bond donors (Lipinski definition) is 2. The number of ether oxygens (including phenoxy) is 2. The molecule has 0 aromatic carbocycles. The van der Waals surface area contributed by atoms with E-state index in [2.05, 4.69) is 46.0 Å². The summed E-state index contributed by atoms with van der Waals surface area (Å²) >= 11 is 9.38. The minimum absolute atomic E-state index is 0.192. The van der Waals surface area contributed by atoms with E-state index in [0.717, 1.165) is 12.8 Å². The predicted octanol–water partition coefficient (Wildman–Crippen LogP) is 10.1. The maximum absolute atomic E-state index is 10.8. The molecule has 0 atom stereocenters. The zero-order valence-electron chi connectivity index (χ0n) is 26.1. The van der Waals surface area contributed by atoms with Crippen LogP contribution in [0, 0.1) is 0 Å². The molecule has 3 radical (unpaired) electrons. The fourth-order valence-electron chi connectivity index (χ4n) is 3.82. The fourth-order valence-corrected chi connectivity index (χ4v) is 5.01. The van der Waals surface area contributed by atoms with Gasteiger partial charge in [-0.05, 0) is 12.8 Å². The molecule has 233 valence electrons. The van der Waals surface area contributed by atoms with E-state index in [9.17, 15) is 9.59 Å². The Bertz CT molecular complexity index is 427. The first-order valence-electron chi connectivity index (χ1n) is 16.2. The molecule has 0 aliphatic heterocycles. The normalized spacial score (nSPS) is 10.2. The van der Waals surface area contributed by atoms with Gasteiger partial charge in [-0.25, -0.2) is 0 Å². The first kappa shape index (κ1) is 43.9. The van der Waals surface area contributed by atoms with E-state index >= 15 is 0 Å². The standard InChI is InChI=1S/2C14H28O2S.C4H9.Sn/c2*1-2-3-4-5-6-7-8-9-10-11-12-16-14(15)13-17;1-3-4-2;/h2*17H,2-13H2,1H3;1,3-4H2,2H3;. The van der Waals surface area contributed by atoms with Gasteiger partial charge in [-0.1, -0.05) is 129 Å². The molecule has 0 aromatic heterocycles. The van der Waals surface area contributed by atoms with Crippen LogP contribution in [0.15, 0.2) is 0 Å². The van der Waals surface area contributed by atoms with E-state index in [-0.39, 0.29) is 23.4 Å². The van der Waals surface area contributed by atoms with Crippen molar-refractivity contribution in [1.29, 1.82) is 0 Å². The molecule has 0 aromatic rings. The van der Waals surface area contributed by atoms with E-state index in [1.807, 2.05) is 0 Å². The van der Waals surface area contributed by atoms with Crippen LogP contribution in [0.3, 0.4) is 0 Å². The molecule has 0 aliphatic carbocycles. The number of thiol groups is 2. The molecule has 0 spiro atoms. The third-order valence-corrected chi connectivity index (χ3v) is 7.84. The molecule has 0 unspecified atom stereocenters. The molecule has 0 N–H and O–H groups in total. The van der Waals surface area contributed by atoms with Crippen LogP contribution in [0.25, 0.3) is 0 Å². The number of unbranched alkanes of at least 4 members (excludes halogenated alkanes) is 19. The van der Waals surface area contributed by atoms with Crippen molar-refractivity contribution >= 4 is 59.7 Å². The molecule has 39 heavy (non-hydrogen) atoms. The van der Waals surface area contributed by atoms with Crippen molar-refractivity contribution in [1.82, 2.24) is 0 Å². The summed E-state index contributed by atoms with van der Waals surface area (Å²) in [7, 11) is 0. The van der Waals surface area contributed by atoms with Gasteiger partial charge < -0.3 is 9.47 Å². The van der Waals surface area contributed by atoms with Crippen molar-refractivity contribution in [3.05, 3.63) is 0 Å². The molecule has 0 fully saturated rings. The second kappa shape index (κ2) is 42.9. The quantitative estimate of drug-likeness (QED) is 0.0409. The maximum atomic E-state index is 10.8. The third kappa shape index (κ3) is 48.5. The number of esters is 2.